The van der Waals surface area contributed by atoms with Gasteiger partial charge in [-0.25, -0.2) is 22.7 Å². The van der Waals surface area contributed by atoms with Crippen molar-refractivity contribution >= 4 is 22.0 Å². The highest BCUT2D eigenvalue weighted by Gasteiger charge is 2.25. The van der Waals surface area contributed by atoms with Crippen LogP contribution in [0.5, 0.6) is 0 Å². The highest BCUT2D eigenvalue weighted by molar-refractivity contribution is 7.89. The fourth-order valence-electron chi connectivity index (χ4n) is 1.47. The van der Waals surface area contributed by atoms with Gasteiger partial charge >= 0.3 is 12.0 Å². The Morgan fingerprint density at radius 1 is 1.25 bits per heavy atom. The lowest BCUT2D eigenvalue weighted by Crippen LogP contribution is -2.50. The molecular weight excluding hydrogens is 286 g/mol. The van der Waals surface area contributed by atoms with Crippen LogP contribution in [-0.4, -0.2) is 50.4 Å². The lowest BCUT2D eigenvalue weighted by atomic mass is 9.99. The molecule has 2 atom stereocenters. The number of urea groups is 1. The number of carboxylic acid groups (broad SMARTS) is 1. The van der Waals surface area contributed by atoms with Gasteiger partial charge in [-0.1, -0.05) is 27.2 Å². The summed E-state index contributed by atoms with van der Waals surface area (Å²) in [6.07, 6.45) is 0.603. The van der Waals surface area contributed by atoms with Crippen LogP contribution < -0.4 is 15.4 Å². The molecule has 9 heteroatoms. The smallest absolute Gasteiger partial charge is 0.326 e. The monoisotopic (exact) mass is 309 g/mol. The summed E-state index contributed by atoms with van der Waals surface area (Å²) >= 11 is 0. The SMILES string of the molecule is CCNS(=O)(=O)CCNC(=O)N[C@H](C(=O)O)[C@@H](C)CC. The minimum atomic E-state index is -3.40. The van der Waals surface area contributed by atoms with Gasteiger partial charge in [0.25, 0.3) is 0 Å². The van der Waals surface area contributed by atoms with E-state index in [0.717, 1.165) is 0 Å². The molecular formula is C11H23N3O5S. The zero-order valence-electron chi connectivity index (χ0n) is 12.0. The van der Waals surface area contributed by atoms with E-state index in [-0.39, 0.29) is 24.8 Å². The maximum Gasteiger partial charge on any atom is 0.326 e. The summed E-state index contributed by atoms with van der Waals surface area (Å²) < 4.78 is 24.9. The number of carboxylic acids is 1. The molecule has 0 bridgehead atoms. The molecule has 0 saturated carbocycles. The lowest BCUT2D eigenvalue weighted by Gasteiger charge is -2.20. The Morgan fingerprint density at radius 2 is 1.85 bits per heavy atom. The Labute approximate surface area is 119 Å². The maximum atomic E-state index is 11.5. The van der Waals surface area contributed by atoms with Gasteiger partial charge in [0, 0.05) is 13.1 Å². The number of rotatable bonds is 9. The van der Waals surface area contributed by atoms with E-state index < -0.39 is 28.1 Å². The fourth-order valence-corrected chi connectivity index (χ4v) is 2.42. The van der Waals surface area contributed by atoms with Crippen molar-refractivity contribution in [2.24, 2.45) is 5.92 Å². The topological polar surface area (TPSA) is 125 Å². The second-order valence-corrected chi connectivity index (χ2v) is 6.34. The average molecular weight is 309 g/mol. The van der Waals surface area contributed by atoms with Crippen LogP contribution in [0.2, 0.25) is 0 Å². The van der Waals surface area contributed by atoms with E-state index in [4.69, 9.17) is 5.11 Å². The summed E-state index contributed by atoms with van der Waals surface area (Å²) in [5, 5.41) is 13.6. The van der Waals surface area contributed by atoms with Gasteiger partial charge < -0.3 is 15.7 Å². The van der Waals surface area contributed by atoms with E-state index in [2.05, 4.69) is 15.4 Å². The molecule has 4 N–H and O–H groups in total. The molecule has 0 fully saturated rings. The Morgan fingerprint density at radius 3 is 2.30 bits per heavy atom. The number of hydrogen-bond acceptors (Lipinski definition) is 4. The zero-order chi connectivity index (χ0) is 15.8. The number of aliphatic carboxylic acids is 1. The molecule has 0 aromatic rings. The Bertz CT molecular complexity index is 424. The van der Waals surface area contributed by atoms with Crippen molar-refractivity contribution in [1.29, 1.82) is 0 Å². The van der Waals surface area contributed by atoms with Crippen LogP contribution in [0.25, 0.3) is 0 Å². The van der Waals surface area contributed by atoms with Gasteiger partial charge in [-0.2, -0.15) is 0 Å². The van der Waals surface area contributed by atoms with Gasteiger partial charge in [0.1, 0.15) is 6.04 Å². The van der Waals surface area contributed by atoms with Crippen molar-refractivity contribution < 1.29 is 23.1 Å². The maximum absolute atomic E-state index is 11.5. The Balaban J connectivity index is 4.25. The van der Waals surface area contributed by atoms with Crippen molar-refractivity contribution in [3.05, 3.63) is 0 Å². The number of carbonyl (C=O) groups is 2. The van der Waals surface area contributed by atoms with E-state index in [1.165, 1.54) is 0 Å². The highest BCUT2D eigenvalue weighted by Crippen LogP contribution is 2.07. The fraction of sp³-hybridized carbons (Fsp3) is 0.818. The van der Waals surface area contributed by atoms with E-state index in [1.54, 1.807) is 13.8 Å². The number of amides is 2. The molecule has 0 saturated heterocycles. The van der Waals surface area contributed by atoms with Crippen LogP contribution >= 0.6 is 0 Å². The van der Waals surface area contributed by atoms with E-state index in [1.807, 2.05) is 6.92 Å². The standard InChI is InChI=1S/C11H23N3O5S/c1-4-8(3)9(10(15)16)14-11(17)12-6-7-20(18,19)13-5-2/h8-9,13H,4-7H2,1-3H3,(H,15,16)(H2,12,14,17)/t8-,9-/m0/s1. The third-order valence-corrected chi connectivity index (χ3v) is 4.26. The largest absolute Gasteiger partial charge is 0.480 e. The van der Waals surface area contributed by atoms with E-state index in [0.29, 0.717) is 6.42 Å². The van der Waals surface area contributed by atoms with Crippen LogP contribution in [0.4, 0.5) is 4.79 Å². The first-order chi connectivity index (χ1) is 9.23. The van der Waals surface area contributed by atoms with Crippen LogP contribution in [-0.2, 0) is 14.8 Å². The van der Waals surface area contributed by atoms with Gasteiger partial charge in [-0.15, -0.1) is 0 Å². The first-order valence-electron chi connectivity index (χ1n) is 6.48. The normalized spacial score (nSPS) is 14.3. The van der Waals surface area contributed by atoms with Gasteiger partial charge in [-0.3, -0.25) is 0 Å². The average Bonchev–Trinajstić information content (AvgIpc) is 2.34. The molecule has 2 amide bonds. The van der Waals surface area contributed by atoms with Gasteiger partial charge in [-0.05, 0) is 5.92 Å². The zero-order valence-corrected chi connectivity index (χ0v) is 12.8. The van der Waals surface area contributed by atoms with Crippen molar-refractivity contribution in [3.63, 3.8) is 0 Å². The summed E-state index contributed by atoms with van der Waals surface area (Å²) in [6, 6.07) is -1.69. The van der Waals surface area contributed by atoms with Crippen molar-refractivity contribution in [2.45, 2.75) is 33.2 Å². The first-order valence-corrected chi connectivity index (χ1v) is 8.13. The van der Waals surface area contributed by atoms with E-state index >= 15 is 0 Å². The number of hydrogen-bond donors (Lipinski definition) is 4. The summed E-state index contributed by atoms with van der Waals surface area (Å²) in [4.78, 5) is 22.5. The molecule has 0 aromatic carbocycles. The number of sulfonamides is 1. The summed E-state index contributed by atoms with van der Waals surface area (Å²) in [5.74, 6) is -1.59. The van der Waals surface area contributed by atoms with Crippen LogP contribution in [0.1, 0.15) is 27.2 Å². The summed E-state index contributed by atoms with van der Waals surface area (Å²) in [6.45, 7) is 5.39. The second kappa shape index (κ2) is 8.75. The molecule has 0 spiro atoms. The quantitative estimate of drug-likeness (QED) is 0.466. The van der Waals surface area contributed by atoms with Crippen LogP contribution in [0.3, 0.4) is 0 Å². The van der Waals surface area contributed by atoms with Crippen LogP contribution in [0.15, 0.2) is 0 Å². The third kappa shape index (κ3) is 7.29. The Kier molecular flexibility index (Phi) is 8.16. The lowest BCUT2D eigenvalue weighted by molar-refractivity contribution is -0.140. The number of nitrogens with one attached hydrogen (secondary N) is 3. The van der Waals surface area contributed by atoms with Gasteiger partial charge in [0.15, 0.2) is 0 Å². The molecule has 0 heterocycles. The second-order valence-electron chi connectivity index (χ2n) is 4.42. The van der Waals surface area contributed by atoms with E-state index in [9.17, 15) is 18.0 Å². The minimum Gasteiger partial charge on any atom is -0.480 e. The summed E-state index contributed by atoms with van der Waals surface area (Å²) in [5.41, 5.74) is 0. The van der Waals surface area contributed by atoms with Gasteiger partial charge in [0.05, 0.1) is 5.75 Å². The van der Waals surface area contributed by atoms with Crippen molar-refractivity contribution in [2.75, 3.05) is 18.8 Å². The molecule has 0 radical (unpaired) electrons. The molecule has 0 unspecified atom stereocenters. The number of carbonyl (C=O) groups excluding carboxylic acids is 1. The highest BCUT2D eigenvalue weighted by atomic mass is 32.2. The van der Waals surface area contributed by atoms with Crippen LogP contribution in [0, 0.1) is 5.92 Å². The predicted octanol–water partition coefficient (Wildman–Crippen LogP) is -0.276. The molecule has 0 aromatic heterocycles. The van der Waals surface area contributed by atoms with Crippen molar-refractivity contribution in [3.8, 4) is 0 Å². The third-order valence-electron chi connectivity index (χ3n) is 2.79. The molecule has 20 heavy (non-hydrogen) atoms. The predicted molar refractivity (Wildman–Crippen MR) is 74.9 cm³/mol. The summed E-state index contributed by atoms with van der Waals surface area (Å²) in [7, 11) is -3.40. The first kappa shape index (κ1) is 18.7. The van der Waals surface area contributed by atoms with Crippen molar-refractivity contribution in [1.82, 2.24) is 15.4 Å². The Hall–Kier alpha value is -1.35. The minimum absolute atomic E-state index is 0.0893. The molecule has 8 nitrogen and oxygen atoms in total. The van der Waals surface area contributed by atoms with Gasteiger partial charge in [0.2, 0.25) is 10.0 Å². The molecule has 0 rings (SSSR count). The molecule has 0 aliphatic heterocycles. The molecule has 0 aliphatic carbocycles. The molecule has 0 aliphatic rings. The molecule has 118 valence electrons.